The zero-order valence-corrected chi connectivity index (χ0v) is 22.1. The van der Waals surface area contributed by atoms with Gasteiger partial charge in [-0.15, -0.1) is 11.8 Å². The van der Waals surface area contributed by atoms with Gasteiger partial charge in [-0.1, -0.05) is 38.3 Å². The lowest BCUT2D eigenvalue weighted by Crippen LogP contribution is -2.43. The zero-order chi connectivity index (χ0) is 25.3. The molecule has 0 saturated carbocycles. The monoisotopic (exact) mass is 499 g/mol. The second kappa shape index (κ2) is 13.1. The molecule has 0 saturated heterocycles. The molecular weight excluding hydrogens is 462 g/mol. The smallest absolute Gasteiger partial charge is 0.338 e. The third-order valence-corrected chi connectivity index (χ3v) is 7.37. The minimum Gasteiger partial charge on any atom is -0.462 e. The molecule has 0 bridgehead atoms. The first-order valence-corrected chi connectivity index (χ1v) is 13.4. The minimum atomic E-state index is -1.38. The number of rotatable bonds is 14. The number of methoxy groups -OCH3 is 2. The molecule has 2 aromatic carbocycles. The fraction of sp³-hybridized carbons (Fsp3) is 0.500. The Hall–Kier alpha value is -2.35. The van der Waals surface area contributed by atoms with Gasteiger partial charge in [0.2, 0.25) is 0 Å². The molecule has 0 fully saturated rings. The molecule has 0 spiro atoms. The van der Waals surface area contributed by atoms with Gasteiger partial charge in [-0.3, -0.25) is 4.79 Å². The van der Waals surface area contributed by atoms with E-state index in [1.807, 2.05) is 41.3 Å². The molecule has 2 aromatic rings. The van der Waals surface area contributed by atoms with Crippen LogP contribution in [-0.2, 0) is 31.2 Å². The fourth-order valence-corrected chi connectivity index (χ4v) is 5.28. The number of hydrogen-bond acceptors (Lipinski definition) is 6. The Labute approximate surface area is 213 Å². The average molecular weight is 500 g/mol. The Morgan fingerprint density at radius 1 is 0.971 bits per heavy atom. The Bertz CT molecular complexity index is 987. The topological polar surface area (TPSA) is 65.1 Å². The van der Waals surface area contributed by atoms with Gasteiger partial charge >= 0.3 is 5.97 Å². The summed E-state index contributed by atoms with van der Waals surface area (Å²) in [5, 5.41) is 0. The lowest BCUT2D eigenvalue weighted by Gasteiger charge is -2.25. The number of anilines is 1. The minimum absolute atomic E-state index is 0.151. The summed E-state index contributed by atoms with van der Waals surface area (Å²) < 4.78 is 16.4. The van der Waals surface area contributed by atoms with Gasteiger partial charge in [0.05, 0.1) is 17.9 Å². The van der Waals surface area contributed by atoms with Crippen molar-refractivity contribution in [2.24, 2.45) is 0 Å². The third kappa shape index (κ3) is 6.26. The van der Waals surface area contributed by atoms with Crippen LogP contribution in [0.1, 0.15) is 67.4 Å². The molecule has 1 aliphatic heterocycles. The van der Waals surface area contributed by atoms with Crippen LogP contribution in [0.15, 0.2) is 47.4 Å². The van der Waals surface area contributed by atoms with Crippen LogP contribution in [0.3, 0.4) is 0 Å². The van der Waals surface area contributed by atoms with Gasteiger partial charge in [-0.2, -0.15) is 0 Å². The molecule has 0 atom stereocenters. The molecule has 1 amide bonds. The molecule has 1 heterocycles. The molecule has 35 heavy (non-hydrogen) atoms. The number of carbonyl (C=O) groups excluding carboxylic acids is 2. The number of unbranched alkanes of at least 4 members (excludes halogenated alkanes) is 3. The van der Waals surface area contributed by atoms with E-state index in [0.717, 1.165) is 54.0 Å². The van der Waals surface area contributed by atoms with Gasteiger partial charge in [-0.05, 0) is 67.8 Å². The first-order chi connectivity index (χ1) is 17.0. The van der Waals surface area contributed by atoms with Gasteiger partial charge in [0.25, 0.3) is 11.7 Å². The average Bonchev–Trinajstić information content (AvgIpc) is 3.11. The van der Waals surface area contributed by atoms with Crippen molar-refractivity contribution in [3.63, 3.8) is 0 Å². The van der Waals surface area contributed by atoms with Crippen molar-refractivity contribution in [1.82, 2.24) is 0 Å². The molecule has 7 heteroatoms. The van der Waals surface area contributed by atoms with E-state index < -0.39 is 5.79 Å². The Kier molecular flexibility index (Phi) is 10.2. The van der Waals surface area contributed by atoms with Crippen molar-refractivity contribution in [2.45, 2.75) is 63.1 Å². The number of fused-ring (bicyclic) bond motifs is 1. The molecule has 0 unspecified atom stereocenters. The molecule has 190 valence electrons. The number of ether oxygens (including phenoxy) is 3. The van der Waals surface area contributed by atoms with E-state index in [1.54, 1.807) is 18.7 Å². The highest BCUT2D eigenvalue weighted by molar-refractivity contribution is 7.99. The molecule has 6 nitrogen and oxygen atoms in total. The highest BCUT2D eigenvalue weighted by Crippen LogP contribution is 2.44. The number of thioether (sulfide) groups is 1. The SMILES string of the molecule is CCCCCCN1C(=O)C(OC)(OC)c2cc(SCCCc3ccc(C(=O)OCC)cc3)ccc21. The maximum absolute atomic E-state index is 13.3. The third-order valence-electron chi connectivity index (χ3n) is 6.29. The van der Waals surface area contributed by atoms with Crippen LogP contribution in [0.4, 0.5) is 5.69 Å². The molecular formula is C28H37NO5S. The van der Waals surface area contributed by atoms with Gasteiger partial charge < -0.3 is 19.1 Å². The number of hydrogen-bond donors (Lipinski definition) is 0. The number of nitrogens with zero attached hydrogens (tertiary/aromatic N) is 1. The Balaban J connectivity index is 1.61. The van der Waals surface area contributed by atoms with Gasteiger partial charge in [0.1, 0.15) is 0 Å². The highest BCUT2D eigenvalue weighted by Gasteiger charge is 2.52. The molecule has 0 N–H and O–H groups in total. The van der Waals surface area contributed by atoms with Gasteiger partial charge in [0, 0.05) is 31.2 Å². The summed E-state index contributed by atoms with van der Waals surface area (Å²) in [5.74, 6) is -0.882. The van der Waals surface area contributed by atoms with Crippen LogP contribution in [0.2, 0.25) is 0 Å². The second-order valence-corrected chi connectivity index (χ2v) is 9.76. The van der Waals surface area contributed by atoms with E-state index in [0.29, 0.717) is 18.7 Å². The quantitative estimate of drug-likeness (QED) is 0.138. The number of amides is 1. The summed E-state index contributed by atoms with van der Waals surface area (Å²) >= 11 is 1.75. The van der Waals surface area contributed by atoms with E-state index in [-0.39, 0.29) is 11.9 Å². The van der Waals surface area contributed by atoms with Crippen LogP contribution >= 0.6 is 11.8 Å². The Morgan fingerprint density at radius 2 is 1.71 bits per heavy atom. The summed E-state index contributed by atoms with van der Waals surface area (Å²) in [4.78, 5) is 28.0. The van der Waals surface area contributed by atoms with E-state index in [1.165, 1.54) is 26.2 Å². The van der Waals surface area contributed by atoms with Crippen molar-refractivity contribution in [1.29, 1.82) is 0 Å². The van der Waals surface area contributed by atoms with Crippen molar-refractivity contribution >= 4 is 29.3 Å². The maximum atomic E-state index is 13.3. The fourth-order valence-electron chi connectivity index (χ4n) is 4.39. The summed E-state index contributed by atoms with van der Waals surface area (Å²) in [6.45, 7) is 5.03. The zero-order valence-electron chi connectivity index (χ0n) is 21.3. The van der Waals surface area contributed by atoms with Crippen molar-refractivity contribution in [3.8, 4) is 0 Å². The van der Waals surface area contributed by atoms with Crippen LogP contribution in [0.25, 0.3) is 0 Å². The number of esters is 1. The molecule has 0 aromatic heterocycles. The van der Waals surface area contributed by atoms with Crippen LogP contribution in [0, 0.1) is 0 Å². The first-order valence-electron chi connectivity index (χ1n) is 12.5. The second-order valence-electron chi connectivity index (χ2n) is 8.59. The predicted molar refractivity (Wildman–Crippen MR) is 140 cm³/mol. The number of carbonyl (C=O) groups is 2. The lowest BCUT2D eigenvalue weighted by atomic mass is 10.1. The van der Waals surface area contributed by atoms with E-state index in [9.17, 15) is 9.59 Å². The van der Waals surface area contributed by atoms with E-state index in [2.05, 4.69) is 13.0 Å². The van der Waals surface area contributed by atoms with Gasteiger partial charge in [0.15, 0.2) is 0 Å². The van der Waals surface area contributed by atoms with Gasteiger partial charge in [-0.25, -0.2) is 4.79 Å². The molecule has 0 aliphatic carbocycles. The highest BCUT2D eigenvalue weighted by atomic mass is 32.2. The summed E-state index contributed by atoms with van der Waals surface area (Å²) in [6.07, 6.45) is 6.29. The number of benzene rings is 2. The normalized spacial score (nSPS) is 14.3. The molecule has 1 aliphatic rings. The van der Waals surface area contributed by atoms with Crippen LogP contribution < -0.4 is 4.90 Å². The standard InChI is InChI=1S/C28H37NO5S/c1-5-7-8-9-18-29-25-17-16-23(20-24(25)28(32-3,33-4)27(29)31)35-19-10-11-21-12-14-22(15-13-21)26(30)34-6-2/h12-17,20H,5-11,18-19H2,1-4H3. The maximum Gasteiger partial charge on any atom is 0.338 e. The van der Waals surface area contributed by atoms with Crippen LogP contribution in [-0.4, -0.2) is 45.0 Å². The largest absolute Gasteiger partial charge is 0.462 e. The summed E-state index contributed by atoms with van der Waals surface area (Å²) in [5.41, 5.74) is 3.43. The molecule has 3 rings (SSSR count). The van der Waals surface area contributed by atoms with Crippen molar-refractivity contribution in [2.75, 3.05) is 38.0 Å². The van der Waals surface area contributed by atoms with Crippen LogP contribution in [0.5, 0.6) is 0 Å². The van der Waals surface area contributed by atoms with Crippen molar-refractivity contribution in [3.05, 3.63) is 59.2 Å². The predicted octanol–water partition coefficient (Wildman–Crippen LogP) is 5.96. The summed E-state index contributed by atoms with van der Waals surface area (Å²) in [6, 6.07) is 13.7. The summed E-state index contributed by atoms with van der Waals surface area (Å²) in [7, 11) is 3.05. The number of aryl methyl sites for hydroxylation is 1. The lowest BCUT2D eigenvalue weighted by molar-refractivity contribution is -0.209. The van der Waals surface area contributed by atoms with E-state index in [4.69, 9.17) is 14.2 Å². The van der Waals surface area contributed by atoms with E-state index >= 15 is 0 Å². The molecule has 0 radical (unpaired) electrons. The first kappa shape index (κ1) is 27.2. The van der Waals surface area contributed by atoms with Crippen molar-refractivity contribution < 1.29 is 23.8 Å². The Morgan fingerprint density at radius 3 is 2.37 bits per heavy atom.